The van der Waals surface area contributed by atoms with Gasteiger partial charge in [0.05, 0.1) is 25.0 Å². The van der Waals surface area contributed by atoms with Gasteiger partial charge in [0.1, 0.15) is 0 Å². The Morgan fingerprint density at radius 2 is 2.19 bits per heavy atom. The van der Waals surface area contributed by atoms with Crippen molar-refractivity contribution in [2.75, 3.05) is 5.32 Å². The number of hydrogen-bond acceptors (Lipinski definition) is 4. The van der Waals surface area contributed by atoms with Gasteiger partial charge in [0.15, 0.2) is 0 Å². The lowest BCUT2D eigenvalue weighted by molar-refractivity contribution is 0.282. The predicted molar refractivity (Wildman–Crippen MR) is 61.7 cm³/mol. The van der Waals surface area contributed by atoms with Crippen LogP contribution in [0, 0.1) is 0 Å². The third-order valence-electron chi connectivity index (χ3n) is 2.20. The predicted octanol–water partition coefficient (Wildman–Crippen LogP) is 1.58. The lowest BCUT2D eigenvalue weighted by atomic mass is 10.2. The molecule has 0 aliphatic heterocycles. The van der Waals surface area contributed by atoms with Gasteiger partial charge in [-0.1, -0.05) is 12.1 Å². The Bertz CT molecular complexity index is 445. The molecule has 0 amide bonds. The number of rotatable bonds is 4. The SMILES string of the molecule is OCc1cccc(NCc2cnccn2)c1. The van der Waals surface area contributed by atoms with E-state index in [1.807, 2.05) is 24.3 Å². The Labute approximate surface area is 94.0 Å². The molecule has 0 bridgehead atoms. The van der Waals surface area contributed by atoms with Crippen LogP contribution >= 0.6 is 0 Å². The fourth-order valence-corrected chi connectivity index (χ4v) is 1.39. The number of aromatic nitrogens is 2. The number of anilines is 1. The summed E-state index contributed by atoms with van der Waals surface area (Å²) in [5, 5.41) is 12.2. The van der Waals surface area contributed by atoms with Crippen molar-refractivity contribution in [1.29, 1.82) is 0 Å². The molecule has 1 aromatic heterocycles. The van der Waals surface area contributed by atoms with Crippen molar-refractivity contribution in [3.8, 4) is 0 Å². The maximum absolute atomic E-state index is 9.00. The molecule has 1 heterocycles. The van der Waals surface area contributed by atoms with Crippen molar-refractivity contribution < 1.29 is 5.11 Å². The van der Waals surface area contributed by atoms with Crippen molar-refractivity contribution in [2.24, 2.45) is 0 Å². The second-order valence-corrected chi connectivity index (χ2v) is 3.41. The molecule has 1 aromatic carbocycles. The zero-order valence-corrected chi connectivity index (χ0v) is 8.80. The maximum atomic E-state index is 9.00. The molecule has 2 rings (SSSR count). The largest absolute Gasteiger partial charge is 0.392 e. The maximum Gasteiger partial charge on any atom is 0.0777 e. The van der Waals surface area contributed by atoms with Crippen LogP contribution in [0.5, 0.6) is 0 Å². The van der Waals surface area contributed by atoms with Crippen LogP contribution in [0.4, 0.5) is 5.69 Å². The first-order valence-electron chi connectivity index (χ1n) is 5.07. The zero-order chi connectivity index (χ0) is 11.2. The summed E-state index contributed by atoms with van der Waals surface area (Å²) in [5.41, 5.74) is 2.75. The van der Waals surface area contributed by atoms with E-state index in [4.69, 9.17) is 5.11 Å². The number of aliphatic hydroxyl groups excluding tert-OH is 1. The van der Waals surface area contributed by atoms with Gasteiger partial charge in [-0.3, -0.25) is 9.97 Å². The van der Waals surface area contributed by atoms with Crippen LogP contribution in [0.3, 0.4) is 0 Å². The molecular formula is C12H13N3O. The summed E-state index contributed by atoms with van der Waals surface area (Å²) in [6.45, 7) is 0.684. The quantitative estimate of drug-likeness (QED) is 0.813. The van der Waals surface area contributed by atoms with Gasteiger partial charge < -0.3 is 10.4 Å². The zero-order valence-electron chi connectivity index (χ0n) is 8.80. The molecular weight excluding hydrogens is 202 g/mol. The summed E-state index contributed by atoms with van der Waals surface area (Å²) in [6.07, 6.45) is 5.04. The van der Waals surface area contributed by atoms with E-state index in [1.165, 1.54) is 0 Å². The molecule has 0 atom stereocenters. The van der Waals surface area contributed by atoms with Crippen LogP contribution in [0.15, 0.2) is 42.9 Å². The number of nitrogens with zero attached hydrogens (tertiary/aromatic N) is 2. The number of hydrogen-bond donors (Lipinski definition) is 2. The Morgan fingerprint density at radius 1 is 1.25 bits per heavy atom. The van der Waals surface area contributed by atoms with Gasteiger partial charge in [-0.2, -0.15) is 0 Å². The summed E-state index contributed by atoms with van der Waals surface area (Å²) in [7, 11) is 0. The lowest BCUT2D eigenvalue weighted by Gasteiger charge is -2.06. The smallest absolute Gasteiger partial charge is 0.0777 e. The second kappa shape index (κ2) is 5.23. The van der Waals surface area contributed by atoms with Crippen molar-refractivity contribution in [2.45, 2.75) is 13.2 Å². The molecule has 2 aromatic rings. The van der Waals surface area contributed by atoms with Crippen LogP contribution in [0.1, 0.15) is 11.3 Å². The minimum absolute atomic E-state index is 0.0562. The Balaban J connectivity index is 1.99. The molecule has 0 aliphatic rings. The topological polar surface area (TPSA) is 58.0 Å². The van der Waals surface area contributed by atoms with Crippen molar-refractivity contribution in [1.82, 2.24) is 9.97 Å². The monoisotopic (exact) mass is 215 g/mol. The van der Waals surface area contributed by atoms with Crippen LogP contribution < -0.4 is 5.32 Å². The molecule has 0 unspecified atom stereocenters. The van der Waals surface area contributed by atoms with Gasteiger partial charge in [-0.15, -0.1) is 0 Å². The van der Waals surface area contributed by atoms with E-state index in [1.54, 1.807) is 18.6 Å². The van der Waals surface area contributed by atoms with Crippen LogP contribution in [0.25, 0.3) is 0 Å². The molecule has 0 fully saturated rings. The molecule has 4 nitrogen and oxygen atoms in total. The van der Waals surface area contributed by atoms with E-state index < -0.39 is 0 Å². The van der Waals surface area contributed by atoms with Gasteiger partial charge in [-0.05, 0) is 17.7 Å². The molecule has 82 valence electrons. The van der Waals surface area contributed by atoms with E-state index in [-0.39, 0.29) is 6.61 Å². The van der Waals surface area contributed by atoms with Crippen LogP contribution in [-0.2, 0) is 13.2 Å². The normalized spacial score (nSPS) is 10.1. The van der Waals surface area contributed by atoms with Crippen molar-refractivity contribution >= 4 is 5.69 Å². The first-order chi connectivity index (χ1) is 7.88. The molecule has 4 heteroatoms. The summed E-state index contributed by atoms with van der Waals surface area (Å²) in [4.78, 5) is 8.15. The van der Waals surface area contributed by atoms with Gasteiger partial charge in [-0.25, -0.2) is 0 Å². The Morgan fingerprint density at radius 3 is 2.94 bits per heavy atom. The van der Waals surface area contributed by atoms with Crippen molar-refractivity contribution in [3.63, 3.8) is 0 Å². The first-order valence-corrected chi connectivity index (χ1v) is 5.07. The van der Waals surface area contributed by atoms with E-state index >= 15 is 0 Å². The molecule has 0 aliphatic carbocycles. The van der Waals surface area contributed by atoms with Crippen LogP contribution in [-0.4, -0.2) is 15.1 Å². The van der Waals surface area contributed by atoms with E-state index in [9.17, 15) is 0 Å². The van der Waals surface area contributed by atoms with E-state index in [0.29, 0.717) is 6.54 Å². The molecule has 16 heavy (non-hydrogen) atoms. The third-order valence-corrected chi connectivity index (χ3v) is 2.20. The first kappa shape index (κ1) is 10.6. The van der Waals surface area contributed by atoms with Gasteiger partial charge in [0.25, 0.3) is 0 Å². The molecule has 0 spiro atoms. The highest BCUT2D eigenvalue weighted by molar-refractivity contribution is 5.45. The molecule has 0 saturated heterocycles. The summed E-state index contributed by atoms with van der Waals surface area (Å²) in [5.74, 6) is 0. The molecule has 0 radical (unpaired) electrons. The third kappa shape index (κ3) is 2.77. The summed E-state index contributed by atoms with van der Waals surface area (Å²) < 4.78 is 0. The Kier molecular flexibility index (Phi) is 3.46. The van der Waals surface area contributed by atoms with Crippen molar-refractivity contribution in [3.05, 3.63) is 54.1 Å². The number of benzene rings is 1. The van der Waals surface area contributed by atoms with Crippen LogP contribution in [0.2, 0.25) is 0 Å². The number of nitrogens with one attached hydrogen (secondary N) is 1. The summed E-state index contributed by atoms with van der Waals surface area (Å²) in [6, 6.07) is 7.66. The fourth-order valence-electron chi connectivity index (χ4n) is 1.39. The Hall–Kier alpha value is -1.94. The molecule has 0 saturated carbocycles. The summed E-state index contributed by atoms with van der Waals surface area (Å²) >= 11 is 0. The average molecular weight is 215 g/mol. The fraction of sp³-hybridized carbons (Fsp3) is 0.167. The highest BCUT2D eigenvalue weighted by Crippen LogP contribution is 2.11. The van der Waals surface area contributed by atoms with Gasteiger partial charge in [0.2, 0.25) is 0 Å². The minimum atomic E-state index is 0.0562. The molecule has 2 N–H and O–H groups in total. The van der Waals surface area contributed by atoms with Gasteiger partial charge >= 0.3 is 0 Å². The number of aliphatic hydroxyl groups is 1. The minimum Gasteiger partial charge on any atom is -0.392 e. The van der Waals surface area contributed by atoms with E-state index in [2.05, 4.69) is 15.3 Å². The standard InChI is InChI=1S/C12H13N3O/c16-9-10-2-1-3-11(6-10)15-8-12-7-13-4-5-14-12/h1-7,15-16H,8-9H2. The highest BCUT2D eigenvalue weighted by atomic mass is 16.3. The second-order valence-electron chi connectivity index (χ2n) is 3.41. The highest BCUT2D eigenvalue weighted by Gasteiger charge is 1.96. The lowest BCUT2D eigenvalue weighted by Crippen LogP contribution is -2.02. The average Bonchev–Trinajstić information content (AvgIpc) is 2.38. The van der Waals surface area contributed by atoms with E-state index in [0.717, 1.165) is 16.9 Å². The van der Waals surface area contributed by atoms with Gasteiger partial charge in [0, 0.05) is 18.1 Å².